The highest BCUT2D eigenvalue weighted by Crippen LogP contribution is 2.33. The zero-order valence-corrected chi connectivity index (χ0v) is 23.0. The van der Waals surface area contributed by atoms with Crippen LogP contribution in [0.3, 0.4) is 0 Å². The zero-order chi connectivity index (χ0) is 32.5. The Labute approximate surface area is 247 Å². The van der Waals surface area contributed by atoms with Crippen molar-refractivity contribution in [3.05, 3.63) is 110 Å². The number of nitrogens with zero attached hydrogens (tertiary/aromatic N) is 2. The molecule has 3 aromatic rings. The number of nitro groups is 2. The van der Waals surface area contributed by atoms with Crippen molar-refractivity contribution in [3.63, 3.8) is 0 Å². The maximum absolute atomic E-state index is 14.6. The van der Waals surface area contributed by atoms with Gasteiger partial charge in [0.25, 0.3) is 11.4 Å². The number of carbonyl (C=O) groups is 1. The van der Waals surface area contributed by atoms with Crippen LogP contribution < -0.4 is 9.47 Å². The van der Waals surface area contributed by atoms with Crippen LogP contribution >= 0.6 is 0 Å². The molecule has 0 saturated carbocycles. The number of nitro benzene ring substituents is 2. The summed E-state index contributed by atoms with van der Waals surface area (Å²) in [7, 11) is 0. The molecule has 0 aliphatic heterocycles. The summed E-state index contributed by atoms with van der Waals surface area (Å²) in [6.07, 6.45) is -6.93. The van der Waals surface area contributed by atoms with Gasteiger partial charge in [0.1, 0.15) is 11.5 Å². The Morgan fingerprint density at radius 2 is 1.55 bits per heavy atom. The molecule has 0 N–H and O–H groups in total. The second-order valence-electron chi connectivity index (χ2n) is 9.40. The lowest BCUT2D eigenvalue weighted by molar-refractivity contribution is -0.394. The van der Waals surface area contributed by atoms with Gasteiger partial charge in [0.15, 0.2) is 0 Å². The normalized spacial score (nSPS) is 12.5. The lowest BCUT2D eigenvalue weighted by atomic mass is 9.99. The van der Waals surface area contributed by atoms with Crippen LogP contribution in [0, 0.1) is 20.2 Å². The molecule has 0 radical (unpaired) electrons. The molecule has 15 heteroatoms. The monoisotopic (exact) mass is 624 g/mol. The minimum absolute atomic E-state index is 0.128. The summed E-state index contributed by atoms with van der Waals surface area (Å²) < 4.78 is 80.9. The fourth-order valence-electron chi connectivity index (χ4n) is 3.79. The molecule has 234 valence electrons. The first kappa shape index (κ1) is 33.4. The largest absolute Gasteiger partial charge is 0.494 e. The number of benzene rings is 3. The summed E-state index contributed by atoms with van der Waals surface area (Å²) in [6.45, 7) is 1.07. The van der Waals surface area contributed by atoms with E-state index in [-0.39, 0.29) is 36.7 Å². The van der Waals surface area contributed by atoms with E-state index in [9.17, 15) is 47.0 Å². The van der Waals surface area contributed by atoms with Crippen LogP contribution in [0.5, 0.6) is 11.5 Å². The predicted octanol–water partition coefficient (Wildman–Crippen LogP) is 7.71. The molecule has 0 heterocycles. The topological polar surface area (TPSA) is 131 Å². The minimum atomic E-state index is -4.30. The van der Waals surface area contributed by atoms with E-state index in [0.717, 1.165) is 30.3 Å². The highest BCUT2D eigenvalue weighted by Gasteiger charge is 2.34. The summed E-state index contributed by atoms with van der Waals surface area (Å²) in [4.78, 5) is 32.9. The van der Waals surface area contributed by atoms with Gasteiger partial charge in [-0.3, -0.25) is 20.2 Å². The lowest BCUT2D eigenvalue weighted by Crippen LogP contribution is -2.21. The first-order valence-corrected chi connectivity index (χ1v) is 12.9. The molecule has 1 unspecified atom stereocenters. The molecule has 1 atom stereocenters. The Bertz CT molecular complexity index is 1490. The molecule has 10 nitrogen and oxygen atoms in total. The van der Waals surface area contributed by atoms with Gasteiger partial charge in [0.05, 0.1) is 34.7 Å². The molecule has 0 amide bonds. The maximum atomic E-state index is 14.6. The van der Waals surface area contributed by atoms with E-state index in [1.807, 2.05) is 0 Å². The quantitative estimate of drug-likeness (QED) is 0.0445. The smallest absolute Gasteiger partial charge is 0.426 e. The molecule has 3 aromatic carbocycles. The van der Waals surface area contributed by atoms with Crippen molar-refractivity contribution in [2.75, 3.05) is 13.2 Å². The standard InChI is InChI=1S/C29H25F5N2O8/c1-19(25-13-8-22(35(38)39)17-26(25)36(40)41)18-43-27(37)14-5-20-3-9-24(10-4-20)44-29(33,34)21-6-11-23(12-7-21)42-16-2-15-28(30,31)32/h3-14,17,19H,2,15-16,18H2,1H3/b14-5+. The van der Waals surface area contributed by atoms with Crippen molar-refractivity contribution in [1.29, 1.82) is 0 Å². The van der Waals surface area contributed by atoms with Gasteiger partial charge in [-0.1, -0.05) is 19.1 Å². The molecular weight excluding hydrogens is 599 g/mol. The summed E-state index contributed by atoms with van der Waals surface area (Å²) in [5.74, 6) is -1.51. The molecule has 0 saturated heterocycles. The van der Waals surface area contributed by atoms with E-state index >= 15 is 0 Å². The van der Waals surface area contributed by atoms with Crippen molar-refractivity contribution in [3.8, 4) is 11.5 Å². The third kappa shape index (κ3) is 10.0. The number of carbonyl (C=O) groups excluding carboxylic acids is 1. The lowest BCUT2D eigenvalue weighted by Gasteiger charge is -2.18. The fraction of sp³-hybridized carbons (Fsp3) is 0.276. The van der Waals surface area contributed by atoms with Crippen LogP contribution in [-0.2, 0) is 15.6 Å². The summed E-state index contributed by atoms with van der Waals surface area (Å²) in [5, 5.41) is 22.2. The number of rotatable bonds is 14. The van der Waals surface area contributed by atoms with Crippen molar-refractivity contribution >= 4 is 23.4 Å². The van der Waals surface area contributed by atoms with Crippen LogP contribution in [0.4, 0.5) is 33.3 Å². The summed E-state index contributed by atoms with van der Waals surface area (Å²) in [6, 6.07) is 12.9. The number of ether oxygens (including phenoxy) is 3. The molecule has 0 spiro atoms. The SMILES string of the molecule is CC(COC(=O)/C=C/c1ccc(OC(F)(F)c2ccc(OCCCC(F)(F)F)cc2)cc1)c1ccc([N+](=O)[O-])cc1[N+](=O)[O-]. The van der Waals surface area contributed by atoms with Gasteiger partial charge >= 0.3 is 18.3 Å². The van der Waals surface area contributed by atoms with Crippen molar-refractivity contribution in [1.82, 2.24) is 0 Å². The average molecular weight is 625 g/mol. The second kappa shape index (κ2) is 14.4. The van der Waals surface area contributed by atoms with Gasteiger partial charge < -0.3 is 14.2 Å². The Morgan fingerprint density at radius 3 is 2.14 bits per heavy atom. The van der Waals surface area contributed by atoms with E-state index < -0.39 is 57.4 Å². The number of non-ortho nitro benzene ring substituents is 1. The van der Waals surface area contributed by atoms with Crippen molar-refractivity contribution in [2.24, 2.45) is 0 Å². The Kier molecular flexibility index (Phi) is 10.9. The highest BCUT2D eigenvalue weighted by molar-refractivity contribution is 5.87. The van der Waals surface area contributed by atoms with E-state index in [0.29, 0.717) is 5.56 Å². The zero-order valence-electron chi connectivity index (χ0n) is 23.0. The maximum Gasteiger partial charge on any atom is 0.426 e. The number of esters is 1. The molecule has 44 heavy (non-hydrogen) atoms. The third-order valence-corrected chi connectivity index (χ3v) is 6.03. The third-order valence-electron chi connectivity index (χ3n) is 6.03. The van der Waals surface area contributed by atoms with Gasteiger partial charge in [-0.2, -0.15) is 22.0 Å². The van der Waals surface area contributed by atoms with Gasteiger partial charge in [0.2, 0.25) is 0 Å². The van der Waals surface area contributed by atoms with Crippen LogP contribution in [0.2, 0.25) is 0 Å². The summed E-state index contributed by atoms with van der Waals surface area (Å²) >= 11 is 0. The Hall–Kier alpha value is -5.08. The number of alkyl halides is 5. The molecular formula is C29H25F5N2O8. The Balaban J connectivity index is 1.52. The number of halogens is 5. The molecule has 0 fully saturated rings. The summed E-state index contributed by atoms with van der Waals surface area (Å²) in [5.41, 5.74) is -0.858. The van der Waals surface area contributed by atoms with E-state index in [1.54, 1.807) is 6.92 Å². The predicted molar refractivity (Wildman–Crippen MR) is 146 cm³/mol. The van der Waals surface area contributed by atoms with Crippen LogP contribution in [0.1, 0.15) is 42.4 Å². The van der Waals surface area contributed by atoms with Crippen LogP contribution in [0.25, 0.3) is 6.08 Å². The Morgan fingerprint density at radius 1 is 0.909 bits per heavy atom. The van der Waals surface area contributed by atoms with Crippen LogP contribution in [-0.4, -0.2) is 35.2 Å². The van der Waals surface area contributed by atoms with Gasteiger partial charge in [-0.05, 0) is 60.5 Å². The van der Waals surface area contributed by atoms with Gasteiger partial charge in [-0.15, -0.1) is 0 Å². The van der Waals surface area contributed by atoms with Gasteiger partial charge in [-0.25, -0.2) is 4.79 Å². The second-order valence-corrected chi connectivity index (χ2v) is 9.40. The van der Waals surface area contributed by atoms with E-state index in [1.165, 1.54) is 48.5 Å². The van der Waals surface area contributed by atoms with E-state index in [2.05, 4.69) is 0 Å². The molecule has 0 aromatic heterocycles. The fourth-order valence-corrected chi connectivity index (χ4v) is 3.79. The minimum Gasteiger partial charge on any atom is -0.494 e. The molecule has 3 rings (SSSR count). The first-order valence-electron chi connectivity index (χ1n) is 12.9. The van der Waals surface area contributed by atoms with Crippen molar-refractivity contribution < 1.29 is 50.8 Å². The van der Waals surface area contributed by atoms with Crippen molar-refractivity contribution in [2.45, 2.75) is 38.0 Å². The highest BCUT2D eigenvalue weighted by atomic mass is 19.4. The van der Waals surface area contributed by atoms with Gasteiger partial charge in [0, 0.05) is 30.0 Å². The molecule has 0 aliphatic carbocycles. The average Bonchev–Trinajstić information content (AvgIpc) is 2.97. The van der Waals surface area contributed by atoms with Crippen LogP contribution in [0.15, 0.2) is 72.8 Å². The first-order chi connectivity index (χ1) is 20.6. The van der Waals surface area contributed by atoms with E-state index in [4.69, 9.17) is 14.2 Å². The molecule has 0 aliphatic rings. The number of hydrogen-bond acceptors (Lipinski definition) is 8. The number of hydrogen-bond donors (Lipinski definition) is 0. The molecule has 0 bridgehead atoms.